The van der Waals surface area contributed by atoms with Crippen LogP contribution in [0.5, 0.6) is 11.5 Å². The number of ether oxygens (including phenoxy) is 1. The molecular formula is C25H21N3O3. The minimum Gasteiger partial charge on any atom is -0.457 e. The smallest absolute Gasteiger partial charge is 0.247 e. The van der Waals surface area contributed by atoms with Gasteiger partial charge in [-0.3, -0.25) is 4.79 Å². The molecule has 5 rings (SSSR count). The predicted octanol–water partition coefficient (Wildman–Crippen LogP) is 4.99. The van der Waals surface area contributed by atoms with Gasteiger partial charge in [-0.2, -0.15) is 0 Å². The highest BCUT2D eigenvalue weighted by Gasteiger charge is 2.28. The van der Waals surface area contributed by atoms with Crippen LogP contribution < -0.4 is 10.1 Å². The molecule has 1 aromatic heterocycles. The molecule has 1 amide bonds. The number of fused-ring (bicyclic) bond motifs is 2. The zero-order valence-electron chi connectivity index (χ0n) is 17.0. The van der Waals surface area contributed by atoms with E-state index < -0.39 is 0 Å². The van der Waals surface area contributed by atoms with E-state index in [-0.39, 0.29) is 18.4 Å². The van der Waals surface area contributed by atoms with Crippen LogP contribution in [0.25, 0.3) is 11.5 Å². The van der Waals surface area contributed by atoms with E-state index >= 15 is 0 Å². The van der Waals surface area contributed by atoms with Crippen molar-refractivity contribution in [1.29, 1.82) is 0 Å². The lowest BCUT2D eigenvalue weighted by Gasteiger charge is -2.28. The Morgan fingerprint density at radius 1 is 0.903 bits per heavy atom. The second-order valence-corrected chi connectivity index (χ2v) is 7.55. The Kier molecular flexibility index (Phi) is 4.96. The largest absolute Gasteiger partial charge is 0.457 e. The summed E-state index contributed by atoms with van der Waals surface area (Å²) in [5.41, 5.74) is 3.91. The molecule has 0 spiro atoms. The van der Waals surface area contributed by atoms with Crippen LogP contribution >= 0.6 is 0 Å². The van der Waals surface area contributed by atoms with Crippen molar-refractivity contribution in [2.24, 2.45) is 0 Å². The van der Waals surface area contributed by atoms with Crippen LogP contribution in [0.3, 0.4) is 0 Å². The van der Waals surface area contributed by atoms with Crippen molar-refractivity contribution in [3.05, 3.63) is 95.4 Å². The summed E-state index contributed by atoms with van der Waals surface area (Å²) in [5, 5.41) is 11.3. The fourth-order valence-electron chi connectivity index (χ4n) is 3.69. The van der Waals surface area contributed by atoms with Gasteiger partial charge in [0.05, 0.1) is 6.04 Å². The van der Waals surface area contributed by atoms with Gasteiger partial charge in [0.15, 0.2) is 0 Å². The molecule has 0 bridgehead atoms. The van der Waals surface area contributed by atoms with Gasteiger partial charge in [0, 0.05) is 29.5 Å². The fourth-order valence-corrected chi connectivity index (χ4v) is 3.69. The molecule has 0 saturated heterocycles. The van der Waals surface area contributed by atoms with E-state index in [2.05, 4.69) is 15.5 Å². The van der Waals surface area contributed by atoms with Crippen LogP contribution in [0, 0.1) is 6.92 Å². The standard InChI is InChI=1S/C25H21N3O3/c1-16-10-12-17(13-11-16)25-28-27-23(31-25)15-14-22(29)26-24-18-6-2-4-8-20(18)30-21-9-5-3-7-19(21)24/h2-13,24H,14-15H2,1H3,(H,26,29). The number of para-hydroxylation sites is 2. The van der Waals surface area contributed by atoms with E-state index in [9.17, 15) is 4.79 Å². The Labute approximate surface area is 179 Å². The van der Waals surface area contributed by atoms with Crippen LogP contribution in [0.1, 0.15) is 35.0 Å². The number of amides is 1. The van der Waals surface area contributed by atoms with Crippen LogP contribution in [-0.2, 0) is 11.2 Å². The lowest BCUT2D eigenvalue weighted by atomic mass is 9.94. The van der Waals surface area contributed by atoms with Crippen molar-refractivity contribution >= 4 is 5.91 Å². The average Bonchev–Trinajstić information content (AvgIpc) is 3.27. The molecule has 0 unspecified atom stereocenters. The topological polar surface area (TPSA) is 77.2 Å². The molecule has 0 fully saturated rings. The third-order valence-corrected chi connectivity index (χ3v) is 5.32. The van der Waals surface area contributed by atoms with Crippen LogP contribution in [0.4, 0.5) is 0 Å². The number of rotatable bonds is 5. The zero-order valence-corrected chi connectivity index (χ0v) is 17.0. The molecule has 4 aromatic rings. The minimum atomic E-state index is -0.264. The molecule has 154 valence electrons. The number of carbonyl (C=O) groups is 1. The van der Waals surface area contributed by atoms with E-state index in [0.29, 0.717) is 18.2 Å². The van der Waals surface area contributed by atoms with Crippen LogP contribution in [0.2, 0.25) is 0 Å². The lowest BCUT2D eigenvalue weighted by Crippen LogP contribution is -2.31. The van der Waals surface area contributed by atoms with Crippen LogP contribution in [0.15, 0.2) is 77.2 Å². The number of hydrogen-bond donors (Lipinski definition) is 1. The normalized spacial score (nSPS) is 12.5. The SMILES string of the molecule is Cc1ccc(-c2nnc(CCC(=O)NC3c4ccccc4Oc4ccccc43)o2)cc1. The zero-order chi connectivity index (χ0) is 21.2. The van der Waals surface area contributed by atoms with Crippen molar-refractivity contribution in [1.82, 2.24) is 15.5 Å². The maximum atomic E-state index is 12.8. The Balaban J connectivity index is 1.28. The molecule has 6 heteroatoms. The summed E-state index contributed by atoms with van der Waals surface area (Å²) < 4.78 is 11.7. The molecule has 0 saturated carbocycles. The van der Waals surface area contributed by atoms with E-state index in [1.54, 1.807) is 0 Å². The number of aromatic nitrogens is 2. The fraction of sp³-hybridized carbons (Fsp3) is 0.160. The third-order valence-electron chi connectivity index (χ3n) is 5.32. The summed E-state index contributed by atoms with van der Waals surface area (Å²) in [4.78, 5) is 12.8. The van der Waals surface area contributed by atoms with Gasteiger partial charge >= 0.3 is 0 Å². The quantitative estimate of drug-likeness (QED) is 0.501. The van der Waals surface area contributed by atoms with E-state index in [1.807, 2.05) is 79.7 Å². The first-order valence-corrected chi connectivity index (χ1v) is 10.2. The van der Waals surface area contributed by atoms with Gasteiger partial charge < -0.3 is 14.5 Å². The molecule has 0 aliphatic carbocycles. The van der Waals surface area contributed by atoms with Crippen molar-refractivity contribution in [2.45, 2.75) is 25.8 Å². The number of carbonyl (C=O) groups excluding carboxylic acids is 1. The van der Waals surface area contributed by atoms with Gasteiger partial charge in [0.1, 0.15) is 11.5 Å². The third kappa shape index (κ3) is 3.92. The van der Waals surface area contributed by atoms with Gasteiger partial charge in [-0.25, -0.2) is 0 Å². The maximum Gasteiger partial charge on any atom is 0.247 e. The molecular weight excluding hydrogens is 390 g/mol. The van der Waals surface area contributed by atoms with E-state index in [4.69, 9.17) is 9.15 Å². The molecule has 31 heavy (non-hydrogen) atoms. The summed E-state index contributed by atoms with van der Waals surface area (Å²) in [6, 6.07) is 23.1. The molecule has 1 aliphatic rings. The number of aryl methyl sites for hydroxylation is 2. The number of benzene rings is 3. The van der Waals surface area contributed by atoms with Gasteiger partial charge in [-0.1, -0.05) is 54.1 Å². The monoisotopic (exact) mass is 411 g/mol. The van der Waals surface area contributed by atoms with Gasteiger partial charge in [-0.05, 0) is 31.2 Å². The average molecular weight is 411 g/mol. The second kappa shape index (κ2) is 8.07. The maximum absolute atomic E-state index is 12.8. The molecule has 1 N–H and O–H groups in total. The van der Waals surface area contributed by atoms with Gasteiger partial charge in [0.2, 0.25) is 17.7 Å². The van der Waals surface area contributed by atoms with Crippen LogP contribution in [-0.4, -0.2) is 16.1 Å². The first-order chi connectivity index (χ1) is 15.2. The number of nitrogens with one attached hydrogen (secondary N) is 1. The van der Waals surface area contributed by atoms with E-state index in [0.717, 1.165) is 33.8 Å². The van der Waals surface area contributed by atoms with Gasteiger partial charge in [-0.15, -0.1) is 10.2 Å². The Hall–Kier alpha value is -3.93. The van der Waals surface area contributed by atoms with E-state index in [1.165, 1.54) is 0 Å². The number of hydrogen-bond acceptors (Lipinski definition) is 5. The first-order valence-electron chi connectivity index (χ1n) is 10.2. The highest BCUT2D eigenvalue weighted by Crippen LogP contribution is 2.42. The summed E-state index contributed by atoms with van der Waals surface area (Å²) in [6.45, 7) is 2.02. The molecule has 3 aromatic carbocycles. The summed E-state index contributed by atoms with van der Waals surface area (Å²) >= 11 is 0. The van der Waals surface area contributed by atoms with Crippen molar-refractivity contribution in [3.8, 4) is 23.0 Å². The second-order valence-electron chi connectivity index (χ2n) is 7.55. The first kappa shape index (κ1) is 19.1. The Bertz CT molecular complexity index is 1190. The summed E-state index contributed by atoms with van der Waals surface area (Å²) in [5.74, 6) is 2.32. The number of nitrogens with zero attached hydrogens (tertiary/aromatic N) is 2. The summed E-state index contributed by atoms with van der Waals surface area (Å²) in [6.07, 6.45) is 0.619. The van der Waals surface area contributed by atoms with Crippen molar-refractivity contribution in [2.75, 3.05) is 0 Å². The van der Waals surface area contributed by atoms with Gasteiger partial charge in [0.25, 0.3) is 0 Å². The highest BCUT2D eigenvalue weighted by atomic mass is 16.5. The Morgan fingerprint density at radius 3 is 2.23 bits per heavy atom. The predicted molar refractivity (Wildman–Crippen MR) is 116 cm³/mol. The lowest BCUT2D eigenvalue weighted by molar-refractivity contribution is -0.121. The highest BCUT2D eigenvalue weighted by molar-refractivity contribution is 5.78. The van der Waals surface area contributed by atoms with Crippen molar-refractivity contribution in [3.63, 3.8) is 0 Å². The minimum absolute atomic E-state index is 0.0911. The Morgan fingerprint density at radius 2 is 1.55 bits per heavy atom. The molecule has 2 heterocycles. The molecule has 0 radical (unpaired) electrons. The molecule has 1 aliphatic heterocycles. The summed E-state index contributed by atoms with van der Waals surface area (Å²) in [7, 11) is 0. The molecule has 6 nitrogen and oxygen atoms in total. The van der Waals surface area contributed by atoms with Crippen molar-refractivity contribution < 1.29 is 13.9 Å². The molecule has 0 atom stereocenters.